The molecule has 6 heteroatoms. The summed E-state index contributed by atoms with van der Waals surface area (Å²) in [5.74, 6) is 0.464. The number of methoxy groups -OCH3 is 2. The molecule has 2 amide bonds. The lowest BCUT2D eigenvalue weighted by molar-refractivity contribution is -0.119. The number of hydrogen-bond donors (Lipinski definition) is 0. The second-order valence-electron chi connectivity index (χ2n) is 6.67. The van der Waals surface area contributed by atoms with Crippen LogP contribution in [0.1, 0.15) is 25.0 Å². The summed E-state index contributed by atoms with van der Waals surface area (Å²) in [6.07, 6.45) is 0. The van der Waals surface area contributed by atoms with Crippen molar-refractivity contribution >= 4 is 34.8 Å². The molecule has 1 aliphatic rings. The van der Waals surface area contributed by atoms with E-state index >= 15 is 0 Å². The molecule has 2 aromatic rings. The first-order chi connectivity index (χ1) is 13.4. The summed E-state index contributed by atoms with van der Waals surface area (Å²) >= 11 is 1.40. The van der Waals surface area contributed by atoms with Gasteiger partial charge in [0, 0.05) is 5.25 Å². The van der Waals surface area contributed by atoms with Crippen molar-refractivity contribution in [2.75, 3.05) is 19.1 Å². The maximum Gasteiger partial charge on any atom is 0.272 e. The van der Waals surface area contributed by atoms with E-state index in [0.717, 1.165) is 5.56 Å². The number of aryl methyl sites for hydroxylation is 1. The molecule has 0 bridgehead atoms. The van der Waals surface area contributed by atoms with Gasteiger partial charge in [-0.15, -0.1) is 11.8 Å². The highest BCUT2D eigenvalue weighted by atomic mass is 32.2. The van der Waals surface area contributed by atoms with Crippen LogP contribution in [0, 0.1) is 6.92 Å². The lowest BCUT2D eigenvalue weighted by Gasteiger charge is -2.17. The average Bonchev–Trinajstić information content (AvgIpc) is 2.91. The van der Waals surface area contributed by atoms with Crippen LogP contribution >= 0.6 is 11.8 Å². The van der Waals surface area contributed by atoms with Gasteiger partial charge in [0.15, 0.2) is 11.5 Å². The molecule has 0 unspecified atom stereocenters. The van der Waals surface area contributed by atoms with Crippen LogP contribution in [0.4, 0.5) is 5.69 Å². The van der Waals surface area contributed by atoms with E-state index in [9.17, 15) is 9.59 Å². The van der Waals surface area contributed by atoms with Crippen molar-refractivity contribution in [2.24, 2.45) is 0 Å². The van der Waals surface area contributed by atoms with Gasteiger partial charge in [-0.3, -0.25) is 9.59 Å². The van der Waals surface area contributed by atoms with Gasteiger partial charge in [-0.1, -0.05) is 38.1 Å². The van der Waals surface area contributed by atoms with Crippen molar-refractivity contribution in [3.05, 3.63) is 58.5 Å². The number of carbonyl (C=O) groups excluding carboxylic acids is 2. The van der Waals surface area contributed by atoms with E-state index in [1.54, 1.807) is 38.5 Å². The van der Waals surface area contributed by atoms with E-state index in [1.165, 1.54) is 16.7 Å². The van der Waals surface area contributed by atoms with Crippen molar-refractivity contribution in [3.8, 4) is 11.5 Å². The molecule has 1 aliphatic heterocycles. The zero-order valence-electron chi connectivity index (χ0n) is 16.6. The molecule has 0 aliphatic carbocycles. The lowest BCUT2D eigenvalue weighted by atomic mass is 10.1. The molecule has 5 nitrogen and oxygen atoms in total. The predicted molar refractivity (Wildman–Crippen MR) is 113 cm³/mol. The monoisotopic (exact) mass is 397 g/mol. The highest BCUT2D eigenvalue weighted by Gasteiger charge is 2.41. The van der Waals surface area contributed by atoms with Gasteiger partial charge >= 0.3 is 0 Å². The minimum atomic E-state index is -0.324. The van der Waals surface area contributed by atoms with Gasteiger partial charge in [-0.2, -0.15) is 0 Å². The second-order valence-corrected chi connectivity index (χ2v) is 8.26. The van der Waals surface area contributed by atoms with Gasteiger partial charge in [-0.05, 0) is 36.2 Å². The van der Waals surface area contributed by atoms with Crippen LogP contribution in [0.15, 0.2) is 47.4 Å². The summed E-state index contributed by atoms with van der Waals surface area (Å²) in [6, 6.07) is 12.7. The molecule has 0 saturated carbocycles. The van der Waals surface area contributed by atoms with Crippen LogP contribution in [-0.2, 0) is 9.59 Å². The maximum atomic E-state index is 13.4. The number of rotatable bonds is 6. The molecular formula is C22H23NO4S. The topological polar surface area (TPSA) is 55.8 Å². The van der Waals surface area contributed by atoms with Crippen LogP contribution in [0.5, 0.6) is 11.5 Å². The molecule has 3 rings (SSSR count). The predicted octanol–water partition coefficient (Wildman–Crippen LogP) is 4.44. The zero-order valence-corrected chi connectivity index (χ0v) is 17.4. The van der Waals surface area contributed by atoms with Gasteiger partial charge in [-0.25, -0.2) is 4.90 Å². The first-order valence-corrected chi connectivity index (χ1v) is 9.84. The SMILES string of the molecule is COc1ccc(C2=C(SC(C)C)C(=O)N(c3ccccc3C)C2=O)cc1OC. The van der Waals surface area contributed by atoms with Crippen LogP contribution in [-0.4, -0.2) is 31.3 Å². The highest BCUT2D eigenvalue weighted by Crippen LogP contribution is 2.42. The molecule has 0 radical (unpaired) electrons. The van der Waals surface area contributed by atoms with E-state index < -0.39 is 0 Å². The molecule has 0 atom stereocenters. The highest BCUT2D eigenvalue weighted by molar-refractivity contribution is 8.04. The Morgan fingerprint density at radius 1 is 0.929 bits per heavy atom. The quantitative estimate of drug-likeness (QED) is 0.675. The van der Waals surface area contributed by atoms with Gasteiger partial charge in [0.25, 0.3) is 11.8 Å². The first kappa shape index (κ1) is 20.0. The standard InChI is InChI=1S/C22H23NO4S/c1-13(2)28-20-19(15-10-11-17(26-4)18(12-15)27-5)21(24)23(22(20)25)16-9-7-6-8-14(16)3/h6-13H,1-5H3. The summed E-state index contributed by atoms with van der Waals surface area (Å²) < 4.78 is 10.7. The average molecular weight is 397 g/mol. The van der Waals surface area contributed by atoms with E-state index in [2.05, 4.69) is 0 Å². The molecule has 146 valence electrons. The van der Waals surface area contributed by atoms with Crippen molar-refractivity contribution in [3.63, 3.8) is 0 Å². The molecule has 0 spiro atoms. The van der Waals surface area contributed by atoms with E-state index in [1.807, 2.05) is 39.0 Å². The van der Waals surface area contributed by atoms with Crippen molar-refractivity contribution in [1.82, 2.24) is 0 Å². The number of hydrogen-bond acceptors (Lipinski definition) is 5. The van der Waals surface area contributed by atoms with Crippen molar-refractivity contribution < 1.29 is 19.1 Å². The molecule has 0 aromatic heterocycles. The molecule has 0 N–H and O–H groups in total. The largest absolute Gasteiger partial charge is 0.493 e. The second kappa shape index (κ2) is 8.10. The smallest absolute Gasteiger partial charge is 0.272 e. The number of imide groups is 1. The van der Waals surface area contributed by atoms with Gasteiger partial charge < -0.3 is 9.47 Å². The van der Waals surface area contributed by atoms with Crippen LogP contribution in [0.2, 0.25) is 0 Å². The number of thioether (sulfide) groups is 1. The number of carbonyl (C=O) groups is 2. The fourth-order valence-electron chi connectivity index (χ4n) is 3.13. The summed E-state index contributed by atoms with van der Waals surface area (Å²) in [5, 5.41) is 0.152. The summed E-state index contributed by atoms with van der Waals surface area (Å²) in [4.78, 5) is 28.3. The van der Waals surface area contributed by atoms with Crippen molar-refractivity contribution in [2.45, 2.75) is 26.0 Å². The summed E-state index contributed by atoms with van der Waals surface area (Å²) in [5.41, 5.74) is 2.50. The first-order valence-electron chi connectivity index (χ1n) is 8.96. The molecule has 1 heterocycles. The van der Waals surface area contributed by atoms with Gasteiger partial charge in [0.05, 0.1) is 30.4 Å². The third-order valence-electron chi connectivity index (χ3n) is 4.42. The summed E-state index contributed by atoms with van der Waals surface area (Å²) in [6.45, 7) is 5.88. The Kier molecular flexibility index (Phi) is 5.79. The maximum absolute atomic E-state index is 13.4. The minimum absolute atomic E-state index is 0.152. The Balaban J connectivity index is 2.15. The number of amides is 2. The Labute approximate surface area is 169 Å². The van der Waals surface area contributed by atoms with E-state index in [4.69, 9.17) is 9.47 Å². The lowest BCUT2D eigenvalue weighted by Crippen LogP contribution is -2.32. The Hall–Kier alpha value is -2.73. The fraction of sp³-hybridized carbons (Fsp3) is 0.273. The summed E-state index contributed by atoms with van der Waals surface area (Å²) in [7, 11) is 3.10. The number of anilines is 1. The van der Waals surface area contributed by atoms with Crippen LogP contribution < -0.4 is 14.4 Å². The number of benzene rings is 2. The van der Waals surface area contributed by atoms with Crippen LogP contribution in [0.3, 0.4) is 0 Å². The molecule has 2 aromatic carbocycles. The third-order valence-corrected chi connectivity index (χ3v) is 5.51. The third kappa shape index (κ3) is 3.52. The molecule has 0 fully saturated rings. The Morgan fingerprint density at radius 2 is 1.61 bits per heavy atom. The van der Waals surface area contributed by atoms with E-state index in [-0.39, 0.29) is 17.1 Å². The van der Waals surface area contributed by atoms with Gasteiger partial charge in [0.2, 0.25) is 0 Å². The van der Waals surface area contributed by atoms with Crippen molar-refractivity contribution in [1.29, 1.82) is 0 Å². The van der Waals surface area contributed by atoms with Crippen LogP contribution in [0.25, 0.3) is 5.57 Å². The molecular weight excluding hydrogens is 374 g/mol. The number of para-hydroxylation sites is 1. The Morgan fingerprint density at radius 3 is 2.21 bits per heavy atom. The molecule has 0 saturated heterocycles. The van der Waals surface area contributed by atoms with E-state index in [0.29, 0.717) is 33.2 Å². The van der Waals surface area contributed by atoms with Gasteiger partial charge in [0.1, 0.15) is 0 Å². The normalized spacial score (nSPS) is 14.3. The Bertz CT molecular complexity index is 965. The fourth-order valence-corrected chi connectivity index (χ4v) is 4.12. The number of nitrogens with zero attached hydrogens (tertiary/aromatic N) is 1. The minimum Gasteiger partial charge on any atom is -0.493 e. The molecule has 28 heavy (non-hydrogen) atoms. The number of ether oxygens (including phenoxy) is 2. The zero-order chi connectivity index (χ0) is 20.4.